The number of benzene rings is 1. The maximum absolute atomic E-state index is 11.6. The SMILES string of the molecule is CCCc1c(OCCCI)ccc(C(=O)CN)c1O. The van der Waals surface area contributed by atoms with Gasteiger partial charge in [0.15, 0.2) is 5.78 Å². The number of halogens is 1. The van der Waals surface area contributed by atoms with Gasteiger partial charge < -0.3 is 15.6 Å². The lowest BCUT2D eigenvalue weighted by Gasteiger charge is -2.14. The maximum atomic E-state index is 11.6. The highest BCUT2D eigenvalue weighted by Gasteiger charge is 2.17. The van der Waals surface area contributed by atoms with E-state index in [0.29, 0.717) is 24.3 Å². The molecular weight excluding hydrogens is 357 g/mol. The van der Waals surface area contributed by atoms with Crippen LogP contribution in [0.1, 0.15) is 35.7 Å². The molecule has 0 bridgehead atoms. The smallest absolute Gasteiger partial charge is 0.180 e. The Balaban J connectivity index is 3.04. The number of nitrogens with two attached hydrogens (primary N) is 1. The van der Waals surface area contributed by atoms with E-state index in [1.807, 2.05) is 6.92 Å². The first kappa shape index (κ1) is 16.2. The largest absolute Gasteiger partial charge is 0.507 e. The van der Waals surface area contributed by atoms with E-state index in [2.05, 4.69) is 22.6 Å². The number of ether oxygens (including phenoxy) is 1. The van der Waals surface area contributed by atoms with Gasteiger partial charge in [-0.15, -0.1) is 0 Å². The molecule has 1 aromatic rings. The van der Waals surface area contributed by atoms with E-state index in [9.17, 15) is 9.90 Å². The van der Waals surface area contributed by atoms with Crippen LogP contribution in [0.25, 0.3) is 0 Å². The molecule has 0 aliphatic carbocycles. The van der Waals surface area contributed by atoms with Crippen LogP contribution in [0.2, 0.25) is 0 Å². The van der Waals surface area contributed by atoms with Gasteiger partial charge in [0.25, 0.3) is 0 Å². The Morgan fingerprint density at radius 3 is 2.79 bits per heavy atom. The number of phenolic OH excluding ortho intramolecular Hbond substituents is 1. The van der Waals surface area contributed by atoms with Crippen LogP contribution in [0, 0.1) is 0 Å². The number of hydrogen-bond donors (Lipinski definition) is 2. The molecule has 0 aliphatic heterocycles. The molecule has 0 spiro atoms. The lowest BCUT2D eigenvalue weighted by Crippen LogP contribution is -2.14. The predicted octanol–water partition coefficient (Wildman–Crippen LogP) is 2.69. The molecule has 0 fully saturated rings. The second-order valence-electron chi connectivity index (χ2n) is 4.21. The van der Waals surface area contributed by atoms with Crippen molar-refractivity contribution in [3.05, 3.63) is 23.3 Å². The zero-order valence-electron chi connectivity index (χ0n) is 11.1. The molecule has 0 heterocycles. The third kappa shape index (κ3) is 4.35. The Hall–Kier alpha value is -0.820. The highest BCUT2D eigenvalue weighted by molar-refractivity contribution is 14.1. The number of carbonyl (C=O) groups excluding carboxylic acids is 1. The van der Waals surface area contributed by atoms with Crippen molar-refractivity contribution in [2.45, 2.75) is 26.2 Å². The average Bonchev–Trinajstić information content (AvgIpc) is 2.42. The normalized spacial score (nSPS) is 10.5. The summed E-state index contributed by atoms with van der Waals surface area (Å²) in [5.74, 6) is 0.427. The molecule has 1 aromatic carbocycles. The Labute approximate surface area is 127 Å². The molecule has 0 aliphatic rings. The fourth-order valence-corrected chi connectivity index (χ4v) is 2.13. The summed E-state index contributed by atoms with van der Waals surface area (Å²) < 4.78 is 6.70. The summed E-state index contributed by atoms with van der Waals surface area (Å²) in [6, 6.07) is 3.34. The van der Waals surface area contributed by atoms with Gasteiger partial charge in [-0.05, 0) is 25.0 Å². The van der Waals surface area contributed by atoms with E-state index >= 15 is 0 Å². The molecule has 4 nitrogen and oxygen atoms in total. The summed E-state index contributed by atoms with van der Waals surface area (Å²) in [7, 11) is 0. The average molecular weight is 377 g/mol. The molecule has 1 rings (SSSR count). The Morgan fingerprint density at radius 2 is 2.21 bits per heavy atom. The standard InChI is InChI=1S/C14H20INO3/c1-2-4-11-13(19-8-3-7-15)6-5-10(14(11)18)12(17)9-16/h5-6,18H,2-4,7-9,16H2,1H3. The summed E-state index contributed by atoms with van der Waals surface area (Å²) in [4.78, 5) is 11.6. The van der Waals surface area contributed by atoms with Crippen LogP contribution in [0.4, 0.5) is 0 Å². The molecule has 3 N–H and O–H groups in total. The number of hydrogen-bond acceptors (Lipinski definition) is 4. The number of alkyl halides is 1. The van der Waals surface area contributed by atoms with E-state index in [4.69, 9.17) is 10.5 Å². The van der Waals surface area contributed by atoms with Crippen molar-refractivity contribution in [2.75, 3.05) is 17.6 Å². The minimum absolute atomic E-state index is 0.0178. The fraction of sp³-hybridized carbons (Fsp3) is 0.500. The van der Waals surface area contributed by atoms with Gasteiger partial charge in [0.1, 0.15) is 11.5 Å². The lowest BCUT2D eigenvalue weighted by atomic mass is 10.0. The minimum atomic E-state index is -0.256. The molecule has 0 saturated heterocycles. The van der Waals surface area contributed by atoms with Crippen LogP contribution in [0.5, 0.6) is 11.5 Å². The fourth-order valence-electron chi connectivity index (χ4n) is 1.82. The van der Waals surface area contributed by atoms with E-state index in [1.54, 1.807) is 12.1 Å². The maximum Gasteiger partial charge on any atom is 0.180 e. The highest BCUT2D eigenvalue weighted by Crippen LogP contribution is 2.33. The van der Waals surface area contributed by atoms with Gasteiger partial charge in [0.2, 0.25) is 0 Å². The predicted molar refractivity (Wildman–Crippen MR) is 84.5 cm³/mol. The van der Waals surface area contributed by atoms with Crippen LogP contribution in [-0.4, -0.2) is 28.5 Å². The van der Waals surface area contributed by atoms with E-state index in [0.717, 1.165) is 17.3 Å². The quantitative estimate of drug-likeness (QED) is 0.316. The number of phenols is 1. The van der Waals surface area contributed by atoms with E-state index in [-0.39, 0.29) is 23.6 Å². The van der Waals surface area contributed by atoms with Crippen molar-refractivity contribution in [1.82, 2.24) is 0 Å². The topological polar surface area (TPSA) is 72.5 Å². The van der Waals surface area contributed by atoms with Crippen LogP contribution >= 0.6 is 22.6 Å². The molecule has 5 heteroatoms. The first-order valence-corrected chi connectivity index (χ1v) is 7.95. The van der Waals surface area contributed by atoms with Gasteiger partial charge in [-0.25, -0.2) is 0 Å². The summed E-state index contributed by atoms with van der Waals surface area (Å²) in [6.45, 7) is 2.53. The van der Waals surface area contributed by atoms with Gasteiger partial charge in [-0.1, -0.05) is 35.9 Å². The Morgan fingerprint density at radius 1 is 1.47 bits per heavy atom. The second kappa shape index (κ2) is 8.37. The van der Waals surface area contributed by atoms with Gasteiger partial charge in [0, 0.05) is 9.99 Å². The van der Waals surface area contributed by atoms with Gasteiger partial charge in [-0.3, -0.25) is 4.79 Å². The zero-order valence-corrected chi connectivity index (χ0v) is 13.3. The minimum Gasteiger partial charge on any atom is -0.507 e. The van der Waals surface area contributed by atoms with Crippen LogP contribution in [-0.2, 0) is 6.42 Å². The van der Waals surface area contributed by atoms with E-state index in [1.165, 1.54) is 0 Å². The zero-order chi connectivity index (χ0) is 14.3. The van der Waals surface area contributed by atoms with Crippen molar-refractivity contribution < 1.29 is 14.6 Å². The molecule has 19 heavy (non-hydrogen) atoms. The summed E-state index contributed by atoms with van der Waals surface area (Å²) in [5.41, 5.74) is 6.33. The molecular formula is C14H20INO3. The van der Waals surface area contributed by atoms with Crippen molar-refractivity contribution in [3.63, 3.8) is 0 Å². The summed E-state index contributed by atoms with van der Waals surface area (Å²) >= 11 is 2.29. The van der Waals surface area contributed by atoms with Crippen molar-refractivity contribution in [1.29, 1.82) is 0 Å². The Kier molecular flexibility index (Phi) is 7.15. The number of aromatic hydroxyl groups is 1. The number of carbonyl (C=O) groups is 1. The first-order valence-electron chi connectivity index (χ1n) is 6.42. The highest BCUT2D eigenvalue weighted by atomic mass is 127. The number of rotatable bonds is 8. The van der Waals surface area contributed by atoms with E-state index < -0.39 is 0 Å². The Bertz CT molecular complexity index is 435. The van der Waals surface area contributed by atoms with Gasteiger partial charge in [0.05, 0.1) is 18.7 Å². The molecule has 0 unspecified atom stereocenters. The van der Waals surface area contributed by atoms with Crippen molar-refractivity contribution in [2.24, 2.45) is 5.73 Å². The molecule has 0 amide bonds. The first-order chi connectivity index (χ1) is 9.15. The lowest BCUT2D eigenvalue weighted by molar-refractivity contribution is 0.0998. The molecule has 0 saturated carbocycles. The molecule has 0 aromatic heterocycles. The van der Waals surface area contributed by atoms with Crippen LogP contribution < -0.4 is 10.5 Å². The van der Waals surface area contributed by atoms with Gasteiger partial charge >= 0.3 is 0 Å². The summed E-state index contributed by atoms with van der Waals surface area (Å²) in [6.07, 6.45) is 2.50. The monoisotopic (exact) mass is 377 g/mol. The third-order valence-electron chi connectivity index (χ3n) is 2.76. The molecule has 0 radical (unpaired) electrons. The van der Waals surface area contributed by atoms with Crippen molar-refractivity contribution >= 4 is 28.4 Å². The van der Waals surface area contributed by atoms with Crippen LogP contribution in [0.3, 0.4) is 0 Å². The summed E-state index contributed by atoms with van der Waals surface area (Å²) in [5, 5.41) is 10.2. The second-order valence-corrected chi connectivity index (χ2v) is 5.29. The third-order valence-corrected chi connectivity index (χ3v) is 3.52. The number of ketones is 1. The van der Waals surface area contributed by atoms with Gasteiger partial charge in [-0.2, -0.15) is 0 Å². The number of Topliss-reactive ketones (excluding diaryl/α,β-unsaturated/α-hetero) is 1. The van der Waals surface area contributed by atoms with Crippen molar-refractivity contribution in [3.8, 4) is 11.5 Å². The van der Waals surface area contributed by atoms with Crippen LogP contribution in [0.15, 0.2) is 12.1 Å². The molecule has 0 atom stereocenters. The molecule has 106 valence electrons.